The Morgan fingerprint density at radius 2 is 1.92 bits per heavy atom. The minimum absolute atomic E-state index is 0. The molecule has 1 unspecified atom stereocenters. The summed E-state index contributed by atoms with van der Waals surface area (Å²) in [6.45, 7) is 7.96. The maximum Gasteiger partial charge on any atom is 0.327 e. The molecule has 0 radical (unpaired) electrons. The van der Waals surface area contributed by atoms with E-state index in [0.717, 1.165) is 6.42 Å². The van der Waals surface area contributed by atoms with Gasteiger partial charge in [-0.2, -0.15) is 0 Å². The van der Waals surface area contributed by atoms with Gasteiger partial charge in [0.15, 0.2) is 0 Å². The van der Waals surface area contributed by atoms with Gasteiger partial charge in [0, 0.05) is 6.54 Å². The van der Waals surface area contributed by atoms with Crippen LogP contribution in [0.3, 0.4) is 0 Å². The summed E-state index contributed by atoms with van der Waals surface area (Å²) in [6.07, 6.45) is 0.721. The first kappa shape index (κ1) is 24.1. The molecule has 0 spiro atoms. The van der Waals surface area contributed by atoms with Gasteiger partial charge in [-0.15, -0.1) is 24.8 Å². The molecule has 2 heterocycles. The number of nitrogens with two attached hydrogens (primary N) is 1. The Kier molecular flexibility index (Phi) is 8.49. The zero-order chi connectivity index (χ0) is 18.1. The first-order chi connectivity index (χ1) is 11.1. The number of hydrogen-bond donors (Lipinski definition) is 4. The quantitative estimate of drug-likeness (QED) is 0.593. The summed E-state index contributed by atoms with van der Waals surface area (Å²) in [5, 5.41) is 3.17. The van der Waals surface area contributed by atoms with Gasteiger partial charge in [-0.25, -0.2) is 9.78 Å². The van der Waals surface area contributed by atoms with Crippen LogP contribution in [-0.2, 0) is 0 Å². The van der Waals surface area contributed by atoms with Crippen LogP contribution < -0.4 is 22.3 Å². The molecule has 0 aliphatic heterocycles. The van der Waals surface area contributed by atoms with Crippen molar-refractivity contribution in [2.24, 2.45) is 11.7 Å². The van der Waals surface area contributed by atoms with E-state index in [1.165, 1.54) is 6.07 Å². The fraction of sp³-hybridized carbons (Fsp3) is 0.500. The Balaban J connectivity index is 0.00000312. The van der Waals surface area contributed by atoms with Crippen molar-refractivity contribution in [3.8, 4) is 0 Å². The predicted molar refractivity (Wildman–Crippen MR) is 107 cm³/mol. The summed E-state index contributed by atoms with van der Waals surface area (Å²) in [4.78, 5) is 44.6. The number of fused-ring (bicyclic) bond motifs is 1. The average Bonchev–Trinajstić information content (AvgIpc) is 2.44. The van der Waals surface area contributed by atoms with Crippen molar-refractivity contribution in [3.05, 3.63) is 38.2 Å². The molecule has 0 aliphatic rings. The number of nitrogens with zero attached hydrogens (tertiary/aromatic N) is 1. The molecule has 0 fully saturated rings. The lowest BCUT2D eigenvalue weighted by molar-refractivity contribution is 0.0893. The lowest BCUT2D eigenvalue weighted by atomic mass is 9.90. The van der Waals surface area contributed by atoms with Crippen molar-refractivity contribution in [1.82, 2.24) is 20.3 Å². The van der Waals surface area contributed by atoms with E-state index in [2.05, 4.69) is 34.1 Å². The number of aromatic nitrogens is 3. The lowest BCUT2D eigenvalue weighted by Gasteiger charge is -2.31. The highest BCUT2D eigenvalue weighted by Gasteiger charge is 2.27. The van der Waals surface area contributed by atoms with Crippen molar-refractivity contribution in [3.63, 3.8) is 0 Å². The van der Waals surface area contributed by atoms with E-state index in [9.17, 15) is 14.4 Å². The molecule has 2 aromatic rings. The number of halogens is 2. The first-order valence-corrected chi connectivity index (χ1v) is 7.82. The number of pyridine rings is 1. The topological polar surface area (TPSA) is 134 Å². The second-order valence-electron chi connectivity index (χ2n) is 6.77. The van der Waals surface area contributed by atoms with Gasteiger partial charge < -0.3 is 11.1 Å². The minimum Gasteiger partial charge on any atom is -0.344 e. The maximum absolute atomic E-state index is 12.6. The molecular formula is C16H25Cl2N5O3. The Labute approximate surface area is 163 Å². The zero-order valence-electron chi connectivity index (χ0n) is 15.1. The SMILES string of the molecule is Cc1cc(C(=O)NC(C)(CN)CC(C)C)nc2[nH]c(=O)[nH]c(=O)c12.Cl.Cl. The van der Waals surface area contributed by atoms with E-state index in [4.69, 9.17) is 5.73 Å². The van der Waals surface area contributed by atoms with Crippen LogP contribution in [0.2, 0.25) is 0 Å². The maximum atomic E-state index is 12.6. The summed E-state index contributed by atoms with van der Waals surface area (Å²) in [6, 6.07) is 1.53. The number of rotatable bonds is 5. The molecule has 26 heavy (non-hydrogen) atoms. The smallest absolute Gasteiger partial charge is 0.327 e. The van der Waals surface area contributed by atoms with Crippen LogP contribution in [-0.4, -0.2) is 32.9 Å². The summed E-state index contributed by atoms with van der Waals surface area (Å²) >= 11 is 0. The zero-order valence-corrected chi connectivity index (χ0v) is 16.8. The largest absolute Gasteiger partial charge is 0.344 e. The molecule has 1 atom stereocenters. The van der Waals surface area contributed by atoms with Gasteiger partial charge in [-0.05, 0) is 37.8 Å². The van der Waals surface area contributed by atoms with Crippen molar-refractivity contribution in [2.75, 3.05) is 6.54 Å². The number of aromatic amines is 2. The van der Waals surface area contributed by atoms with Crippen LogP contribution in [0, 0.1) is 12.8 Å². The van der Waals surface area contributed by atoms with Gasteiger partial charge in [0.2, 0.25) is 0 Å². The number of amides is 1. The van der Waals surface area contributed by atoms with Crippen LogP contribution >= 0.6 is 24.8 Å². The number of carbonyl (C=O) groups excluding carboxylic acids is 1. The second kappa shape index (κ2) is 9.16. The Bertz CT molecular complexity index is 894. The molecule has 146 valence electrons. The van der Waals surface area contributed by atoms with E-state index in [1.807, 2.05) is 6.92 Å². The van der Waals surface area contributed by atoms with Gasteiger partial charge in [-0.3, -0.25) is 19.6 Å². The van der Waals surface area contributed by atoms with Crippen LogP contribution in [0.25, 0.3) is 11.0 Å². The summed E-state index contributed by atoms with van der Waals surface area (Å²) in [5.74, 6) is -0.0326. The Morgan fingerprint density at radius 3 is 2.46 bits per heavy atom. The third-order valence-electron chi connectivity index (χ3n) is 3.86. The van der Waals surface area contributed by atoms with Crippen LogP contribution in [0.1, 0.15) is 43.2 Å². The molecule has 2 rings (SSSR count). The molecule has 1 amide bonds. The van der Waals surface area contributed by atoms with Gasteiger partial charge in [0.05, 0.1) is 10.9 Å². The third-order valence-corrected chi connectivity index (χ3v) is 3.86. The number of carbonyl (C=O) groups is 1. The highest BCUT2D eigenvalue weighted by molar-refractivity contribution is 5.95. The van der Waals surface area contributed by atoms with Crippen LogP contribution in [0.15, 0.2) is 15.7 Å². The molecular weight excluding hydrogens is 381 g/mol. The molecule has 8 nitrogen and oxygen atoms in total. The third kappa shape index (κ3) is 5.30. The van der Waals surface area contributed by atoms with E-state index >= 15 is 0 Å². The summed E-state index contributed by atoms with van der Waals surface area (Å²) in [5.41, 5.74) is 4.84. The molecule has 2 aromatic heterocycles. The standard InChI is InChI=1S/C16H23N5O3.2ClH/c1-8(2)6-16(4,7-17)21-13(22)10-5-9(3)11-12(18-10)19-15(24)20-14(11)23;;/h5,8H,6-7,17H2,1-4H3,(H,21,22)(H2,18,19,20,23,24);2*1H. The number of hydrogen-bond acceptors (Lipinski definition) is 5. The number of nitrogens with one attached hydrogen (secondary N) is 3. The monoisotopic (exact) mass is 405 g/mol. The van der Waals surface area contributed by atoms with E-state index in [1.54, 1.807) is 6.92 Å². The Hall–Kier alpha value is -1.90. The average molecular weight is 406 g/mol. The molecule has 5 N–H and O–H groups in total. The highest BCUT2D eigenvalue weighted by atomic mass is 35.5. The fourth-order valence-electron chi connectivity index (χ4n) is 2.89. The fourth-order valence-corrected chi connectivity index (χ4v) is 2.89. The van der Waals surface area contributed by atoms with Crippen molar-refractivity contribution >= 4 is 41.8 Å². The lowest BCUT2D eigenvalue weighted by Crippen LogP contribution is -2.52. The van der Waals surface area contributed by atoms with Gasteiger partial charge in [0.1, 0.15) is 11.3 Å². The summed E-state index contributed by atoms with van der Waals surface area (Å²) < 4.78 is 0. The van der Waals surface area contributed by atoms with E-state index < -0.39 is 22.7 Å². The first-order valence-electron chi connectivity index (χ1n) is 7.82. The Morgan fingerprint density at radius 1 is 1.31 bits per heavy atom. The molecule has 0 saturated heterocycles. The summed E-state index contributed by atoms with van der Waals surface area (Å²) in [7, 11) is 0. The van der Waals surface area contributed by atoms with Gasteiger partial charge >= 0.3 is 5.69 Å². The number of aryl methyl sites for hydroxylation is 1. The van der Waals surface area contributed by atoms with Crippen LogP contribution in [0.4, 0.5) is 0 Å². The van der Waals surface area contributed by atoms with Crippen molar-refractivity contribution in [2.45, 2.75) is 39.7 Å². The van der Waals surface area contributed by atoms with Crippen molar-refractivity contribution in [1.29, 1.82) is 0 Å². The molecule has 0 bridgehead atoms. The van der Waals surface area contributed by atoms with Gasteiger partial charge in [0.25, 0.3) is 11.5 Å². The predicted octanol–water partition coefficient (Wildman–Crippen LogP) is 1.26. The minimum atomic E-state index is -0.663. The number of H-pyrrole nitrogens is 2. The highest BCUT2D eigenvalue weighted by Crippen LogP contribution is 2.17. The van der Waals surface area contributed by atoms with E-state index in [-0.39, 0.29) is 41.5 Å². The second-order valence-corrected chi connectivity index (χ2v) is 6.77. The molecule has 10 heteroatoms. The molecule has 0 saturated carbocycles. The van der Waals surface area contributed by atoms with E-state index in [0.29, 0.717) is 18.0 Å². The van der Waals surface area contributed by atoms with Crippen LogP contribution in [0.5, 0.6) is 0 Å². The molecule has 0 aromatic carbocycles. The normalized spacial score (nSPS) is 12.8. The van der Waals surface area contributed by atoms with Gasteiger partial charge in [-0.1, -0.05) is 13.8 Å². The molecule has 0 aliphatic carbocycles. The van der Waals surface area contributed by atoms with Crippen molar-refractivity contribution < 1.29 is 4.79 Å².